The normalized spacial score (nSPS) is 17.0. The van der Waals surface area contributed by atoms with Gasteiger partial charge in [-0.15, -0.1) is 0 Å². The molecule has 19 heavy (non-hydrogen) atoms. The van der Waals surface area contributed by atoms with Crippen molar-refractivity contribution in [2.45, 2.75) is 0 Å². The van der Waals surface area contributed by atoms with E-state index in [0.717, 1.165) is 32.7 Å². The Bertz CT molecular complexity index is 542. The summed E-state index contributed by atoms with van der Waals surface area (Å²) in [4.78, 5) is 4.78. The monoisotopic (exact) mass is 256 g/mol. The molecule has 0 aliphatic carbocycles. The molecular formula is C16H20N2O. The first-order valence-electron chi connectivity index (χ1n) is 6.94. The van der Waals surface area contributed by atoms with Gasteiger partial charge in [0.2, 0.25) is 0 Å². The van der Waals surface area contributed by atoms with Gasteiger partial charge < -0.3 is 10.0 Å². The van der Waals surface area contributed by atoms with E-state index in [1.807, 2.05) is 0 Å². The Kier molecular flexibility index (Phi) is 3.67. The van der Waals surface area contributed by atoms with Gasteiger partial charge in [0.15, 0.2) is 0 Å². The molecule has 0 amide bonds. The summed E-state index contributed by atoms with van der Waals surface area (Å²) in [6.07, 6.45) is 0. The topological polar surface area (TPSA) is 26.7 Å². The number of hydrogen-bond acceptors (Lipinski definition) is 3. The fraction of sp³-hybridized carbons (Fsp3) is 0.375. The van der Waals surface area contributed by atoms with Crippen LogP contribution in [0, 0.1) is 0 Å². The molecule has 1 aliphatic heterocycles. The van der Waals surface area contributed by atoms with Crippen LogP contribution in [-0.2, 0) is 0 Å². The molecule has 1 aliphatic rings. The summed E-state index contributed by atoms with van der Waals surface area (Å²) in [5, 5.41) is 11.6. The lowest BCUT2D eigenvalue weighted by molar-refractivity contribution is 0.189. The summed E-state index contributed by atoms with van der Waals surface area (Å²) >= 11 is 0. The van der Waals surface area contributed by atoms with Gasteiger partial charge in [-0.25, -0.2) is 0 Å². The Hall–Kier alpha value is -1.58. The smallest absolute Gasteiger partial charge is 0.0558 e. The van der Waals surface area contributed by atoms with Crippen molar-refractivity contribution in [1.29, 1.82) is 0 Å². The average molecular weight is 256 g/mol. The zero-order chi connectivity index (χ0) is 13.1. The molecule has 1 N–H and O–H groups in total. The van der Waals surface area contributed by atoms with Crippen LogP contribution in [0.2, 0.25) is 0 Å². The van der Waals surface area contributed by atoms with Gasteiger partial charge in [-0.2, -0.15) is 0 Å². The largest absolute Gasteiger partial charge is 0.395 e. The molecule has 0 bridgehead atoms. The van der Waals surface area contributed by atoms with Crippen molar-refractivity contribution < 1.29 is 5.11 Å². The van der Waals surface area contributed by atoms with E-state index in [0.29, 0.717) is 0 Å². The lowest BCUT2D eigenvalue weighted by atomic mass is 10.1. The minimum Gasteiger partial charge on any atom is -0.395 e. The second kappa shape index (κ2) is 5.59. The Morgan fingerprint density at radius 2 is 1.63 bits per heavy atom. The molecule has 2 aromatic carbocycles. The van der Waals surface area contributed by atoms with Crippen LogP contribution in [-0.4, -0.2) is 49.3 Å². The molecule has 0 spiro atoms. The van der Waals surface area contributed by atoms with Gasteiger partial charge in [0.1, 0.15) is 0 Å². The number of benzene rings is 2. The second-order valence-corrected chi connectivity index (χ2v) is 5.05. The molecule has 0 radical (unpaired) electrons. The van der Waals surface area contributed by atoms with E-state index in [-0.39, 0.29) is 6.61 Å². The van der Waals surface area contributed by atoms with Crippen molar-refractivity contribution in [3.05, 3.63) is 42.5 Å². The first-order chi connectivity index (χ1) is 9.38. The van der Waals surface area contributed by atoms with E-state index in [4.69, 9.17) is 5.11 Å². The van der Waals surface area contributed by atoms with Crippen molar-refractivity contribution in [2.75, 3.05) is 44.2 Å². The van der Waals surface area contributed by atoms with E-state index in [1.165, 1.54) is 16.5 Å². The average Bonchev–Trinajstić information content (AvgIpc) is 2.48. The van der Waals surface area contributed by atoms with E-state index in [1.54, 1.807) is 0 Å². The maximum Gasteiger partial charge on any atom is 0.0558 e. The number of rotatable bonds is 3. The van der Waals surface area contributed by atoms with Gasteiger partial charge in [0.05, 0.1) is 6.61 Å². The van der Waals surface area contributed by atoms with Gasteiger partial charge in [-0.3, -0.25) is 4.90 Å². The quantitative estimate of drug-likeness (QED) is 0.909. The predicted molar refractivity (Wildman–Crippen MR) is 79.7 cm³/mol. The van der Waals surface area contributed by atoms with E-state index < -0.39 is 0 Å². The highest BCUT2D eigenvalue weighted by atomic mass is 16.3. The van der Waals surface area contributed by atoms with Crippen molar-refractivity contribution in [2.24, 2.45) is 0 Å². The molecule has 3 heteroatoms. The Morgan fingerprint density at radius 3 is 2.42 bits per heavy atom. The molecule has 3 nitrogen and oxygen atoms in total. The second-order valence-electron chi connectivity index (χ2n) is 5.05. The molecule has 1 fully saturated rings. The van der Waals surface area contributed by atoms with Crippen molar-refractivity contribution >= 4 is 16.5 Å². The maximum atomic E-state index is 8.99. The standard InChI is InChI=1S/C16H20N2O/c19-13-12-17-8-10-18(11-9-17)16-7-3-5-14-4-1-2-6-15(14)16/h1-7,19H,8-13H2. The van der Waals surface area contributed by atoms with Crippen LogP contribution in [0.4, 0.5) is 5.69 Å². The lowest BCUT2D eigenvalue weighted by Crippen LogP contribution is -2.47. The van der Waals surface area contributed by atoms with E-state index >= 15 is 0 Å². The third kappa shape index (κ3) is 2.57. The summed E-state index contributed by atoms with van der Waals surface area (Å²) in [5.41, 5.74) is 1.33. The lowest BCUT2D eigenvalue weighted by Gasteiger charge is -2.36. The van der Waals surface area contributed by atoms with Crippen LogP contribution >= 0.6 is 0 Å². The summed E-state index contributed by atoms with van der Waals surface area (Å²) in [6.45, 7) is 5.19. The van der Waals surface area contributed by atoms with Gasteiger partial charge in [0, 0.05) is 43.8 Å². The number of β-amino-alcohol motifs (C(OH)–C–C–N with tert-alkyl or cyclic N) is 1. The highest BCUT2D eigenvalue weighted by molar-refractivity contribution is 5.94. The molecule has 2 aromatic rings. The van der Waals surface area contributed by atoms with Crippen LogP contribution in [0.3, 0.4) is 0 Å². The third-order valence-corrected chi connectivity index (χ3v) is 3.90. The van der Waals surface area contributed by atoms with Crippen LogP contribution in [0.25, 0.3) is 10.8 Å². The number of hydrogen-bond donors (Lipinski definition) is 1. The molecular weight excluding hydrogens is 236 g/mol. The molecule has 1 saturated heterocycles. The molecule has 0 atom stereocenters. The molecule has 0 unspecified atom stereocenters. The van der Waals surface area contributed by atoms with Crippen LogP contribution in [0.15, 0.2) is 42.5 Å². The van der Waals surface area contributed by atoms with E-state index in [2.05, 4.69) is 52.3 Å². The van der Waals surface area contributed by atoms with Gasteiger partial charge in [0.25, 0.3) is 0 Å². The summed E-state index contributed by atoms with van der Waals surface area (Å²) in [6, 6.07) is 15.1. The van der Waals surface area contributed by atoms with Gasteiger partial charge in [-0.05, 0) is 11.5 Å². The van der Waals surface area contributed by atoms with Crippen LogP contribution in [0.5, 0.6) is 0 Å². The SMILES string of the molecule is OCCN1CCN(c2cccc3ccccc23)CC1. The Labute approximate surface area is 114 Å². The number of piperazine rings is 1. The third-order valence-electron chi connectivity index (χ3n) is 3.90. The summed E-state index contributed by atoms with van der Waals surface area (Å²) in [5.74, 6) is 0. The van der Waals surface area contributed by atoms with Gasteiger partial charge >= 0.3 is 0 Å². The molecule has 3 rings (SSSR count). The zero-order valence-electron chi connectivity index (χ0n) is 11.1. The molecule has 0 aromatic heterocycles. The van der Waals surface area contributed by atoms with E-state index in [9.17, 15) is 0 Å². The van der Waals surface area contributed by atoms with Crippen molar-refractivity contribution in [3.8, 4) is 0 Å². The van der Waals surface area contributed by atoms with Crippen molar-refractivity contribution in [1.82, 2.24) is 4.90 Å². The van der Waals surface area contributed by atoms with Crippen molar-refractivity contribution in [3.63, 3.8) is 0 Å². The fourth-order valence-corrected chi connectivity index (χ4v) is 2.84. The number of aliphatic hydroxyl groups is 1. The zero-order valence-corrected chi connectivity index (χ0v) is 11.1. The number of anilines is 1. The Morgan fingerprint density at radius 1 is 0.895 bits per heavy atom. The fourth-order valence-electron chi connectivity index (χ4n) is 2.84. The minimum atomic E-state index is 0.258. The first kappa shape index (κ1) is 12.5. The summed E-state index contributed by atoms with van der Waals surface area (Å²) < 4.78 is 0. The highest BCUT2D eigenvalue weighted by Crippen LogP contribution is 2.27. The number of nitrogens with zero attached hydrogens (tertiary/aromatic N) is 2. The number of fused-ring (bicyclic) bond motifs is 1. The van der Waals surface area contributed by atoms with Gasteiger partial charge in [-0.1, -0.05) is 36.4 Å². The van der Waals surface area contributed by atoms with Crippen LogP contribution in [0.1, 0.15) is 0 Å². The maximum absolute atomic E-state index is 8.99. The predicted octanol–water partition coefficient (Wildman–Crippen LogP) is 1.95. The molecule has 0 saturated carbocycles. The minimum absolute atomic E-state index is 0.258. The summed E-state index contributed by atoms with van der Waals surface area (Å²) in [7, 11) is 0. The first-order valence-corrected chi connectivity index (χ1v) is 6.94. The Balaban J connectivity index is 1.82. The van der Waals surface area contributed by atoms with Crippen LogP contribution < -0.4 is 4.90 Å². The highest BCUT2D eigenvalue weighted by Gasteiger charge is 2.17. The molecule has 1 heterocycles. The number of aliphatic hydroxyl groups excluding tert-OH is 1. The molecule has 100 valence electrons.